The maximum atomic E-state index is 2.94. The van der Waals surface area contributed by atoms with Crippen molar-refractivity contribution in [1.82, 2.24) is 12.5 Å². The highest BCUT2D eigenvalue weighted by molar-refractivity contribution is 7.56. The van der Waals surface area contributed by atoms with Crippen LogP contribution in [-0.4, -0.2) is 12.5 Å². The second-order valence-corrected chi connectivity index (χ2v) is 20.9. The van der Waals surface area contributed by atoms with E-state index in [1.807, 2.05) is 0 Å². The largest absolute Gasteiger partial charge is 0.304 e. The average Bonchev–Trinajstić information content (AvgIpc) is 3.24. The molecule has 290 valence electrons. The Labute approximate surface area is 342 Å². The highest BCUT2D eigenvalue weighted by atomic mass is 31.2. The first-order valence-electron chi connectivity index (χ1n) is 20.7. The first-order chi connectivity index (χ1) is 27.7. The normalized spacial score (nSPS) is 12.7. The van der Waals surface area contributed by atoms with Crippen molar-refractivity contribution in [1.29, 1.82) is 0 Å². The zero-order valence-corrected chi connectivity index (χ0v) is 36.5. The fourth-order valence-electron chi connectivity index (χ4n) is 8.61. The lowest BCUT2D eigenvalue weighted by Crippen LogP contribution is -2.41. The minimum absolute atomic E-state index is 0.0363. The van der Waals surface area contributed by atoms with Crippen LogP contribution < -0.4 is 4.33 Å². The summed E-state index contributed by atoms with van der Waals surface area (Å²) >= 11 is 0. The third kappa shape index (κ3) is 7.13. The van der Waals surface area contributed by atoms with Crippen LogP contribution >= 0.6 is 15.6 Å². The summed E-state index contributed by atoms with van der Waals surface area (Å²) in [6, 6.07) is 59.2. The maximum absolute atomic E-state index is 2.94. The Kier molecular flexibility index (Phi) is 11.2. The first kappa shape index (κ1) is 38.8. The van der Waals surface area contributed by atoms with Gasteiger partial charge in [0.05, 0.1) is 0 Å². The number of benzene rings is 6. The van der Waals surface area contributed by atoms with Gasteiger partial charge in [0.15, 0.2) is 6.33 Å². The molecule has 9 rings (SSSR count). The number of hydrogen-bond acceptors (Lipinski definition) is 0. The van der Waals surface area contributed by atoms with Crippen LogP contribution in [0.4, 0.5) is 0 Å². The van der Waals surface area contributed by atoms with E-state index in [-0.39, 0.29) is 12.1 Å². The zero-order valence-electron chi connectivity index (χ0n) is 34.7. The van der Waals surface area contributed by atoms with Crippen LogP contribution in [0, 0.1) is 0 Å². The Morgan fingerprint density at radius 2 is 0.702 bits per heavy atom. The predicted octanol–water partition coefficient (Wildman–Crippen LogP) is 14.4. The Morgan fingerprint density at radius 1 is 0.386 bits per heavy atom. The van der Waals surface area contributed by atoms with Gasteiger partial charge in [-0.1, -0.05) is 213 Å². The van der Waals surface area contributed by atoms with Crippen molar-refractivity contribution in [2.75, 3.05) is 0 Å². The zero-order chi connectivity index (χ0) is 39.8. The molecule has 4 nitrogen and oxygen atoms in total. The SMILES string of the molecule is CC(C)c1cccc(C(C)C)c1-n1c[n+](-c2c(C(C)C)cccc2C(C)C)p2n(C(c3ccccc3)c3ccccc3)p1n2C(c1ccccc1)c1ccccc1. The fraction of sp³-hybridized carbons (Fsp3) is 0.275. The van der Waals surface area contributed by atoms with Gasteiger partial charge in [0, 0.05) is 0 Å². The molecule has 0 spiro atoms. The van der Waals surface area contributed by atoms with E-state index in [0.717, 1.165) is 0 Å². The standard InChI is InChI=1S/C51H57N4P2/c1-36(2)44-31-21-32-45(37(3)4)50(44)52-35-53(51-46(38(5)6)33-22-34-47(51)39(7)8)57-54(48(40-23-13-9-14-24-40)41-25-15-10-16-26-41)56(52)55(57)49(42-27-17-11-18-28-42)43-29-19-12-20-30-43/h9-39,48-49H,1-8H3/q+1. The summed E-state index contributed by atoms with van der Waals surface area (Å²) in [6.07, 6.45) is 2.56. The summed E-state index contributed by atoms with van der Waals surface area (Å²) in [5.74, 6) is 1.37. The number of rotatable bonds is 12. The Bertz CT molecular complexity index is 2250. The maximum Gasteiger partial charge on any atom is 0.304 e. The molecule has 57 heavy (non-hydrogen) atoms. The smallest absolute Gasteiger partial charge is 0.191 e. The summed E-state index contributed by atoms with van der Waals surface area (Å²) in [5, 5.41) is 0. The van der Waals surface area contributed by atoms with Gasteiger partial charge in [0.1, 0.15) is 23.5 Å². The summed E-state index contributed by atoms with van der Waals surface area (Å²) in [7, 11) is -2.21. The summed E-state index contributed by atoms with van der Waals surface area (Å²) in [6.45, 7) is 18.9. The lowest BCUT2D eigenvalue weighted by atomic mass is 9.92. The molecule has 0 atom stereocenters. The van der Waals surface area contributed by atoms with Gasteiger partial charge >= 0.3 is 15.6 Å². The second kappa shape index (κ2) is 16.5. The minimum atomic E-state index is -1.11. The van der Waals surface area contributed by atoms with Gasteiger partial charge in [-0.3, -0.25) is 0 Å². The minimum Gasteiger partial charge on any atom is -0.191 e. The van der Waals surface area contributed by atoms with E-state index in [4.69, 9.17) is 0 Å². The van der Waals surface area contributed by atoms with E-state index < -0.39 is 15.6 Å². The third-order valence-electron chi connectivity index (χ3n) is 11.4. The second-order valence-electron chi connectivity index (χ2n) is 16.6. The van der Waals surface area contributed by atoms with Crippen molar-refractivity contribution in [2.45, 2.75) is 91.1 Å². The highest BCUT2D eigenvalue weighted by Gasteiger charge is 2.43. The molecule has 0 radical (unpaired) electrons. The van der Waals surface area contributed by atoms with Gasteiger partial charge in [-0.05, 0) is 68.2 Å². The fourth-order valence-corrected chi connectivity index (χ4v) is 15.7. The molecule has 9 aromatic rings. The molecule has 6 heteroatoms. The monoisotopic (exact) mass is 787 g/mol. The Balaban J connectivity index is 1.66. The van der Waals surface area contributed by atoms with Crippen molar-refractivity contribution >= 4 is 15.6 Å². The molecule has 0 saturated heterocycles. The van der Waals surface area contributed by atoms with E-state index in [1.54, 1.807) is 0 Å². The van der Waals surface area contributed by atoms with E-state index in [1.165, 1.54) is 55.9 Å². The lowest BCUT2D eigenvalue weighted by molar-refractivity contribution is -0.530. The van der Waals surface area contributed by atoms with E-state index in [9.17, 15) is 0 Å². The molecule has 6 aromatic carbocycles. The van der Waals surface area contributed by atoms with Gasteiger partial charge in [-0.2, -0.15) is 16.8 Å². The molecule has 0 saturated carbocycles. The van der Waals surface area contributed by atoms with E-state index >= 15 is 0 Å². The molecule has 0 unspecified atom stereocenters. The lowest BCUT2D eigenvalue weighted by Gasteiger charge is -2.35. The Morgan fingerprint density at radius 3 is 1.02 bits per heavy atom. The highest BCUT2D eigenvalue weighted by Crippen LogP contribution is 2.55. The van der Waals surface area contributed by atoms with Crippen LogP contribution in [-0.2, 0) is 0 Å². The molecule has 3 aromatic heterocycles. The topological polar surface area (TPSA) is 18.7 Å². The molecule has 0 fully saturated rings. The molecule has 0 aliphatic carbocycles. The van der Waals surface area contributed by atoms with Gasteiger partial charge in [-0.25, -0.2) is 0 Å². The van der Waals surface area contributed by atoms with Crippen molar-refractivity contribution in [3.05, 3.63) is 209 Å². The molecular weight excluding hydrogens is 731 g/mol. The van der Waals surface area contributed by atoms with Crippen molar-refractivity contribution in [3.63, 3.8) is 0 Å². The molecule has 0 aliphatic heterocycles. The van der Waals surface area contributed by atoms with Crippen LogP contribution in [0.2, 0.25) is 0 Å². The van der Waals surface area contributed by atoms with E-state index in [0.29, 0.717) is 23.7 Å². The molecular formula is C51H57N4P2+. The van der Waals surface area contributed by atoms with Crippen molar-refractivity contribution < 1.29 is 4.33 Å². The van der Waals surface area contributed by atoms with E-state index in [2.05, 4.69) is 236 Å². The predicted molar refractivity (Wildman–Crippen MR) is 243 cm³/mol. The van der Waals surface area contributed by atoms with Gasteiger partial charge in [-0.15, -0.1) is 0 Å². The molecule has 0 aliphatic rings. The number of fused-ring (bicyclic) bond motifs is 2. The molecule has 0 amide bonds. The first-order valence-corrected chi connectivity index (χ1v) is 23.1. The van der Waals surface area contributed by atoms with Crippen molar-refractivity contribution in [3.8, 4) is 11.4 Å². The van der Waals surface area contributed by atoms with Crippen LogP contribution in [0.5, 0.6) is 0 Å². The Hall–Kier alpha value is -5.01. The number of aromatic nitrogens is 4. The van der Waals surface area contributed by atoms with Crippen LogP contribution in [0.1, 0.15) is 136 Å². The summed E-state index contributed by atoms with van der Waals surface area (Å²) in [5.41, 5.74) is 13.6. The van der Waals surface area contributed by atoms with Crippen LogP contribution in [0.15, 0.2) is 164 Å². The quantitative estimate of drug-likeness (QED) is 0.117. The van der Waals surface area contributed by atoms with Gasteiger partial charge in [0.25, 0.3) is 0 Å². The number of hydrogen-bond donors (Lipinski definition) is 0. The number of para-hydroxylation sites is 2. The van der Waals surface area contributed by atoms with Gasteiger partial charge in [0.2, 0.25) is 0 Å². The summed E-state index contributed by atoms with van der Waals surface area (Å²) < 4.78 is 11.4. The van der Waals surface area contributed by atoms with Crippen LogP contribution in [0.25, 0.3) is 11.4 Å². The van der Waals surface area contributed by atoms with Crippen LogP contribution in [0.3, 0.4) is 0 Å². The molecule has 2 bridgehead atoms. The average molecular weight is 788 g/mol. The number of nitrogens with zero attached hydrogens (tertiary/aromatic N) is 4. The molecule has 3 heterocycles. The summed E-state index contributed by atoms with van der Waals surface area (Å²) in [4.78, 5) is 0. The van der Waals surface area contributed by atoms with Gasteiger partial charge < -0.3 is 0 Å². The van der Waals surface area contributed by atoms with Crippen molar-refractivity contribution in [2.24, 2.45) is 0 Å². The molecule has 0 N–H and O–H groups in total. The third-order valence-corrected chi connectivity index (χ3v) is 17.1.